The second-order valence-electron chi connectivity index (χ2n) is 4.58. The Morgan fingerprint density at radius 2 is 1.95 bits per heavy atom. The summed E-state index contributed by atoms with van der Waals surface area (Å²) >= 11 is 0. The summed E-state index contributed by atoms with van der Waals surface area (Å²) in [4.78, 5) is 11.4. The van der Waals surface area contributed by atoms with Crippen molar-refractivity contribution in [2.45, 2.75) is 20.4 Å². The highest BCUT2D eigenvalue weighted by Crippen LogP contribution is 2.23. The first-order valence-electron chi connectivity index (χ1n) is 6.01. The van der Waals surface area contributed by atoms with Gasteiger partial charge in [-0.3, -0.25) is 4.79 Å². The van der Waals surface area contributed by atoms with Gasteiger partial charge in [0.05, 0.1) is 0 Å². The molecule has 0 fully saturated rings. The van der Waals surface area contributed by atoms with Gasteiger partial charge in [-0.1, -0.05) is 13.8 Å². The average Bonchev–Trinajstić information content (AvgIpc) is 2.34. The number of nitrogens with two attached hydrogens (primary N) is 1. The molecule has 6 heteroatoms. The molecule has 0 bridgehead atoms. The molecule has 0 saturated carbocycles. The molecule has 1 amide bonds. The molecule has 19 heavy (non-hydrogen) atoms. The van der Waals surface area contributed by atoms with Crippen LogP contribution in [-0.4, -0.2) is 19.1 Å². The number of hydrogen-bond acceptors (Lipinski definition) is 3. The van der Waals surface area contributed by atoms with Gasteiger partial charge in [0.1, 0.15) is 0 Å². The molecule has 0 saturated heterocycles. The summed E-state index contributed by atoms with van der Waals surface area (Å²) in [6, 6.07) is 2.18. The molecule has 0 aromatic heterocycles. The lowest BCUT2D eigenvalue weighted by Gasteiger charge is -2.11. The third kappa shape index (κ3) is 4.82. The van der Waals surface area contributed by atoms with Crippen LogP contribution in [0.25, 0.3) is 0 Å². The molecule has 1 aromatic rings. The highest BCUT2D eigenvalue weighted by Gasteiger charge is 2.14. The van der Waals surface area contributed by atoms with Gasteiger partial charge in [-0.2, -0.15) is 0 Å². The molecule has 0 atom stereocenters. The first kappa shape index (κ1) is 15.4. The maximum atomic E-state index is 13.5. The molecule has 1 aromatic carbocycles. The second kappa shape index (κ2) is 7.04. The summed E-state index contributed by atoms with van der Waals surface area (Å²) in [7, 11) is 0. The molecule has 1 rings (SSSR count). The van der Waals surface area contributed by atoms with E-state index in [1.807, 2.05) is 13.8 Å². The maximum Gasteiger partial charge on any atom is 0.257 e. The lowest BCUT2D eigenvalue weighted by atomic mass is 10.2. The molecule has 106 valence electrons. The quantitative estimate of drug-likeness (QED) is 0.826. The summed E-state index contributed by atoms with van der Waals surface area (Å²) in [6.45, 7) is 3.96. The van der Waals surface area contributed by atoms with Crippen molar-refractivity contribution in [2.75, 3.05) is 13.2 Å². The molecule has 0 aliphatic carbocycles. The van der Waals surface area contributed by atoms with Crippen molar-refractivity contribution in [3.05, 3.63) is 29.3 Å². The Morgan fingerprint density at radius 3 is 2.42 bits per heavy atom. The van der Waals surface area contributed by atoms with Crippen LogP contribution in [0.5, 0.6) is 5.75 Å². The third-order valence-corrected chi connectivity index (χ3v) is 2.35. The number of hydrogen-bond donors (Lipinski definition) is 2. The zero-order valence-electron chi connectivity index (χ0n) is 11.0. The summed E-state index contributed by atoms with van der Waals surface area (Å²) in [5, 5.41) is 2.58. The van der Waals surface area contributed by atoms with Gasteiger partial charge in [0, 0.05) is 13.1 Å². The minimum absolute atomic E-state index is 0.0307. The van der Waals surface area contributed by atoms with E-state index in [1.54, 1.807) is 0 Å². The monoisotopic (exact) mass is 272 g/mol. The molecular weight excluding hydrogens is 254 g/mol. The molecule has 0 aliphatic rings. The van der Waals surface area contributed by atoms with E-state index >= 15 is 0 Å². The number of halogens is 2. The van der Waals surface area contributed by atoms with Crippen LogP contribution in [0.2, 0.25) is 0 Å². The molecule has 3 N–H and O–H groups in total. The Kier molecular flexibility index (Phi) is 5.69. The Hall–Kier alpha value is -1.69. The Bertz CT molecular complexity index is 427. The van der Waals surface area contributed by atoms with Crippen LogP contribution in [0, 0.1) is 17.6 Å². The van der Waals surface area contributed by atoms with Gasteiger partial charge in [-0.25, -0.2) is 8.78 Å². The first-order valence-corrected chi connectivity index (χ1v) is 6.01. The molecule has 0 unspecified atom stereocenters. The molecule has 0 radical (unpaired) electrons. The topological polar surface area (TPSA) is 64.3 Å². The van der Waals surface area contributed by atoms with E-state index in [0.717, 1.165) is 12.1 Å². The van der Waals surface area contributed by atoms with E-state index in [4.69, 9.17) is 10.5 Å². The fraction of sp³-hybridized carbons (Fsp3) is 0.462. The van der Waals surface area contributed by atoms with Gasteiger partial charge in [0.15, 0.2) is 24.0 Å². The molecule has 4 nitrogen and oxygen atoms in total. The van der Waals surface area contributed by atoms with Crippen LogP contribution in [0.1, 0.15) is 19.4 Å². The fourth-order valence-electron chi connectivity index (χ4n) is 1.37. The normalized spacial score (nSPS) is 10.6. The van der Waals surface area contributed by atoms with Crippen LogP contribution < -0.4 is 15.8 Å². The highest BCUT2D eigenvalue weighted by molar-refractivity contribution is 5.77. The van der Waals surface area contributed by atoms with Gasteiger partial charge in [0.25, 0.3) is 5.91 Å². The van der Waals surface area contributed by atoms with E-state index in [-0.39, 0.29) is 6.54 Å². The van der Waals surface area contributed by atoms with Crippen molar-refractivity contribution in [3.63, 3.8) is 0 Å². The van der Waals surface area contributed by atoms with E-state index in [2.05, 4.69) is 5.32 Å². The van der Waals surface area contributed by atoms with Crippen molar-refractivity contribution in [1.82, 2.24) is 5.32 Å². The zero-order valence-corrected chi connectivity index (χ0v) is 11.0. The molecular formula is C13H18F2N2O2. The standard InChI is InChI=1S/C13H18F2N2O2/c1-8(2)6-17-12(18)7-19-13-10(14)3-9(5-16)4-11(13)15/h3-4,8H,5-7,16H2,1-2H3,(H,17,18). The van der Waals surface area contributed by atoms with Gasteiger partial charge in [0.2, 0.25) is 0 Å². The minimum Gasteiger partial charge on any atom is -0.478 e. The number of carbonyl (C=O) groups excluding carboxylic acids is 1. The molecule has 0 heterocycles. The number of ether oxygens (including phenoxy) is 1. The lowest BCUT2D eigenvalue weighted by Crippen LogP contribution is -2.32. The van der Waals surface area contributed by atoms with Gasteiger partial charge in [-0.05, 0) is 23.6 Å². The molecule has 0 spiro atoms. The SMILES string of the molecule is CC(C)CNC(=O)COc1c(F)cc(CN)cc1F. The highest BCUT2D eigenvalue weighted by atomic mass is 19.1. The Morgan fingerprint density at radius 1 is 1.37 bits per heavy atom. The first-order chi connectivity index (χ1) is 8.93. The van der Waals surface area contributed by atoms with Crippen LogP contribution >= 0.6 is 0 Å². The minimum atomic E-state index is -0.864. The number of carbonyl (C=O) groups is 1. The lowest BCUT2D eigenvalue weighted by molar-refractivity contribution is -0.123. The smallest absolute Gasteiger partial charge is 0.257 e. The van der Waals surface area contributed by atoms with Crippen molar-refractivity contribution in [3.8, 4) is 5.75 Å². The number of rotatable bonds is 6. The number of nitrogens with one attached hydrogen (secondary N) is 1. The van der Waals surface area contributed by atoms with Gasteiger partial charge < -0.3 is 15.8 Å². The summed E-state index contributed by atoms with van der Waals surface area (Å²) in [5.41, 5.74) is 5.62. The van der Waals surface area contributed by atoms with E-state index in [1.165, 1.54) is 0 Å². The van der Waals surface area contributed by atoms with E-state index < -0.39 is 29.9 Å². The summed E-state index contributed by atoms with van der Waals surface area (Å²) < 4.78 is 31.9. The number of benzene rings is 1. The van der Waals surface area contributed by atoms with Crippen LogP contribution in [0.15, 0.2) is 12.1 Å². The Balaban J connectivity index is 2.60. The van der Waals surface area contributed by atoms with Gasteiger partial charge in [-0.15, -0.1) is 0 Å². The third-order valence-electron chi connectivity index (χ3n) is 2.35. The van der Waals surface area contributed by atoms with E-state index in [9.17, 15) is 13.6 Å². The van der Waals surface area contributed by atoms with Gasteiger partial charge >= 0.3 is 0 Å². The molecule has 0 aliphatic heterocycles. The number of amides is 1. The fourth-order valence-corrected chi connectivity index (χ4v) is 1.37. The predicted octanol–water partition coefficient (Wildman–Crippen LogP) is 1.57. The predicted molar refractivity (Wildman–Crippen MR) is 67.6 cm³/mol. The van der Waals surface area contributed by atoms with Crippen molar-refractivity contribution >= 4 is 5.91 Å². The second-order valence-corrected chi connectivity index (χ2v) is 4.58. The summed E-state index contributed by atoms with van der Waals surface area (Å²) in [5.74, 6) is -2.41. The maximum absolute atomic E-state index is 13.5. The zero-order chi connectivity index (χ0) is 14.4. The van der Waals surface area contributed by atoms with Crippen LogP contribution in [0.4, 0.5) is 8.78 Å². The summed E-state index contributed by atoms with van der Waals surface area (Å²) in [6.07, 6.45) is 0. The van der Waals surface area contributed by atoms with Crippen LogP contribution in [0.3, 0.4) is 0 Å². The van der Waals surface area contributed by atoms with E-state index in [0.29, 0.717) is 18.0 Å². The average molecular weight is 272 g/mol. The van der Waals surface area contributed by atoms with Crippen molar-refractivity contribution in [1.29, 1.82) is 0 Å². The Labute approximate surface area is 110 Å². The van der Waals surface area contributed by atoms with Crippen LogP contribution in [-0.2, 0) is 11.3 Å². The van der Waals surface area contributed by atoms with Crippen molar-refractivity contribution in [2.24, 2.45) is 11.7 Å². The largest absolute Gasteiger partial charge is 0.478 e. The van der Waals surface area contributed by atoms with Crippen molar-refractivity contribution < 1.29 is 18.3 Å².